The van der Waals surface area contributed by atoms with Gasteiger partial charge in [-0.3, -0.25) is 4.99 Å². The molecule has 1 fully saturated rings. The van der Waals surface area contributed by atoms with Crippen LogP contribution in [0.15, 0.2) is 41.4 Å². The van der Waals surface area contributed by atoms with Crippen LogP contribution >= 0.6 is 0 Å². The van der Waals surface area contributed by atoms with Crippen LogP contribution in [0.2, 0.25) is 0 Å². The molecule has 0 bridgehead atoms. The van der Waals surface area contributed by atoms with E-state index < -0.39 is 11.6 Å². The molecule has 1 atom stereocenters. The Bertz CT molecular complexity index is 891. The van der Waals surface area contributed by atoms with Gasteiger partial charge in [-0.05, 0) is 48.7 Å². The Balaban J connectivity index is 1.52. The van der Waals surface area contributed by atoms with E-state index in [0.29, 0.717) is 31.3 Å². The van der Waals surface area contributed by atoms with Crippen LogP contribution in [-0.4, -0.2) is 52.9 Å². The Kier molecular flexibility index (Phi) is 7.32. The fourth-order valence-electron chi connectivity index (χ4n) is 3.62. The number of anilines is 1. The largest absolute Gasteiger partial charge is 0.497 e. The maximum absolute atomic E-state index is 14.0. The zero-order valence-electron chi connectivity index (χ0n) is 17.5. The number of benzene rings is 2. The lowest BCUT2D eigenvalue weighted by Gasteiger charge is -2.21. The molecule has 1 unspecified atom stereocenters. The molecule has 3 rings (SSSR count). The van der Waals surface area contributed by atoms with Crippen LogP contribution in [0.3, 0.4) is 0 Å². The zero-order valence-corrected chi connectivity index (χ0v) is 17.5. The summed E-state index contributed by atoms with van der Waals surface area (Å²) >= 11 is 0. The van der Waals surface area contributed by atoms with Crippen LogP contribution in [0.5, 0.6) is 11.5 Å². The van der Waals surface area contributed by atoms with Crippen molar-refractivity contribution in [3.63, 3.8) is 0 Å². The van der Waals surface area contributed by atoms with Crippen molar-refractivity contribution in [1.29, 1.82) is 0 Å². The summed E-state index contributed by atoms with van der Waals surface area (Å²) in [6.45, 7) is 1.97. The second-order valence-electron chi connectivity index (χ2n) is 7.10. The summed E-state index contributed by atoms with van der Waals surface area (Å²) in [5, 5.41) is 6.69. The lowest BCUT2D eigenvalue weighted by Crippen LogP contribution is -2.45. The Morgan fingerprint density at radius 2 is 2.00 bits per heavy atom. The van der Waals surface area contributed by atoms with E-state index in [9.17, 15) is 8.78 Å². The van der Waals surface area contributed by atoms with Crippen molar-refractivity contribution in [2.24, 2.45) is 4.99 Å². The third kappa shape index (κ3) is 5.31. The summed E-state index contributed by atoms with van der Waals surface area (Å²) in [6, 6.07) is 9.53. The first-order valence-corrected chi connectivity index (χ1v) is 9.92. The minimum atomic E-state index is -0.567. The van der Waals surface area contributed by atoms with Gasteiger partial charge in [0.1, 0.15) is 23.1 Å². The Hall–Kier alpha value is -3.03. The highest BCUT2D eigenvalue weighted by Gasteiger charge is 2.25. The van der Waals surface area contributed by atoms with Crippen molar-refractivity contribution in [2.75, 3.05) is 45.8 Å². The topological polar surface area (TPSA) is 58.1 Å². The normalized spacial score (nSPS) is 16.5. The number of methoxy groups -OCH3 is 2. The van der Waals surface area contributed by atoms with Gasteiger partial charge in [-0.15, -0.1) is 0 Å². The summed E-state index contributed by atoms with van der Waals surface area (Å²) in [7, 11) is 5.00. The van der Waals surface area contributed by atoms with Gasteiger partial charge in [-0.1, -0.05) is 0 Å². The highest BCUT2D eigenvalue weighted by atomic mass is 19.1. The predicted octanol–water partition coefficient (Wildman–Crippen LogP) is 2.97. The molecular weight excluding hydrogens is 390 g/mol. The third-order valence-electron chi connectivity index (χ3n) is 5.18. The van der Waals surface area contributed by atoms with Gasteiger partial charge in [0.15, 0.2) is 5.96 Å². The van der Waals surface area contributed by atoms with Crippen molar-refractivity contribution in [2.45, 2.75) is 18.9 Å². The van der Waals surface area contributed by atoms with Crippen LogP contribution in [0.25, 0.3) is 0 Å². The van der Waals surface area contributed by atoms with Crippen LogP contribution in [0.4, 0.5) is 14.5 Å². The molecule has 162 valence electrons. The number of hydrogen-bond acceptors (Lipinski definition) is 4. The van der Waals surface area contributed by atoms with E-state index in [1.54, 1.807) is 21.3 Å². The van der Waals surface area contributed by atoms with Crippen LogP contribution in [0, 0.1) is 11.6 Å². The smallest absolute Gasteiger partial charge is 0.191 e. The molecule has 1 heterocycles. The molecule has 2 aromatic rings. The van der Waals surface area contributed by atoms with Gasteiger partial charge in [0.25, 0.3) is 0 Å². The number of ether oxygens (including phenoxy) is 2. The van der Waals surface area contributed by atoms with Gasteiger partial charge in [0, 0.05) is 38.8 Å². The van der Waals surface area contributed by atoms with Crippen molar-refractivity contribution in [3.05, 3.63) is 53.6 Å². The highest BCUT2D eigenvalue weighted by molar-refractivity contribution is 5.80. The standard InChI is InChI=1S/C22H28F2N4O2/c1-25-22(26-10-8-15-12-18(29-2)5-7-21(15)30-3)27-17-9-11-28(14-17)20-6-4-16(23)13-19(20)24/h4-7,12-13,17H,8-11,14H2,1-3H3,(H2,25,26,27). The van der Waals surface area contributed by atoms with Crippen molar-refractivity contribution in [3.8, 4) is 11.5 Å². The van der Waals surface area contributed by atoms with Gasteiger partial charge in [-0.25, -0.2) is 8.78 Å². The molecule has 0 saturated carbocycles. The third-order valence-corrected chi connectivity index (χ3v) is 5.18. The SMILES string of the molecule is CN=C(NCCc1cc(OC)ccc1OC)NC1CCN(c2ccc(F)cc2F)C1. The molecule has 2 aromatic carbocycles. The van der Waals surface area contributed by atoms with Crippen molar-refractivity contribution >= 4 is 11.6 Å². The average molecular weight is 418 g/mol. The van der Waals surface area contributed by atoms with Crippen LogP contribution < -0.4 is 25.0 Å². The van der Waals surface area contributed by atoms with Crippen molar-refractivity contribution in [1.82, 2.24) is 10.6 Å². The molecule has 1 aliphatic rings. The number of hydrogen-bond donors (Lipinski definition) is 2. The summed E-state index contributed by atoms with van der Waals surface area (Å²) in [5.74, 6) is 1.18. The van der Waals surface area contributed by atoms with Gasteiger partial charge in [0.2, 0.25) is 0 Å². The number of nitrogens with zero attached hydrogens (tertiary/aromatic N) is 2. The Labute approximate surface area is 175 Å². The molecule has 0 aromatic heterocycles. The molecule has 1 aliphatic heterocycles. The first kappa shape index (κ1) is 21.7. The maximum Gasteiger partial charge on any atom is 0.191 e. The molecule has 6 nitrogen and oxygen atoms in total. The lowest BCUT2D eigenvalue weighted by atomic mass is 10.1. The van der Waals surface area contributed by atoms with E-state index in [2.05, 4.69) is 15.6 Å². The van der Waals surface area contributed by atoms with E-state index in [4.69, 9.17) is 9.47 Å². The van der Waals surface area contributed by atoms with Crippen LogP contribution in [0.1, 0.15) is 12.0 Å². The monoisotopic (exact) mass is 418 g/mol. The summed E-state index contributed by atoms with van der Waals surface area (Å²) in [4.78, 5) is 6.20. The second kappa shape index (κ2) is 10.1. The Morgan fingerprint density at radius 3 is 2.70 bits per heavy atom. The highest BCUT2D eigenvalue weighted by Crippen LogP contribution is 2.25. The molecule has 8 heteroatoms. The molecule has 0 aliphatic carbocycles. The number of guanidine groups is 1. The molecular formula is C22H28F2N4O2. The summed E-state index contributed by atoms with van der Waals surface area (Å²) < 4.78 is 37.9. The molecule has 1 saturated heterocycles. The number of nitrogens with one attached hydrogen (secondary N) is 2. The van der Waals surface area contributed by atoms with E-state index in [0.717, 1.165) is 36.0 Å². The van der Waals surface area contributed by atoms with Gasteiger partial charge < -0.3 is 25.0 Å². The van der Waals surface area contributed by atoms with E-state index in [1.165, 1.54) is 12.1 Å². The molecule has 0 radical (unpaired) electrons. The number of halogens is 2. The van der Waals surface area contributed by atoms with Gasteiger partial charge in [-0.2, -0.15) is 0 Å². The lowest BCUT2D eigenvalue weighted by molar-refractivity contribution is 0.398. The second-order valence-corrected chi connectivity index (χ2v) is 7.10. The number of rotatable bonds is 7. The molecule has 0 spiro atoms. The summed E-state index contributed by atoms with van der Waals surface area (Å²) in [6.07, 6.45) is 1.57. The maximum atomic E-state index is 14.0. The van der Waals surface area contributed by atoms with Crippen molar-refractivity contribution < 1.29 is 18.3 Å². The van der Waals surface area contributed by atoms with Gasteiger partial charge >= 0.3 is 0 Å². The van der Waals surface area contributed by atoms with E-state index >= 15 is 0 Å². The first-order valence-electron chi connectivity index (χ1n) is 9.92. The minimum absolute atomic E-state index is 0.118. The van der Waals surface area contributed by atoms with E-state index in [1.807, 2.05) is 23.1 Å². The van der Waals surface area contributed by atoms with Crippen LogP contribution in [-0.2, 0) is 6.42 Å². The molecule has 2 N–H and O–H groups in total. The van der Waals surface area contributed by atoms with E-state index in [-0.39, 0.29) is 6.04 Å². The molecule has 0 amide bonds. The van der Waals surface area contributed by atoms with Gasteiger partial charge in [0.05, 0.1) is 19.9 Å². The zero-order chi connectivity index (χ0) is 21.5. The first-order chi connectivity index (χ1) is 14.5. The fourth-order valence-corrected chi connectivity index (χ4v) is 3.62. The Morgan fingerprint density at radius 1 is 1.17 bits per heavy atom. The predicted molar refractivity (Wildman–Crippen MR) is 115 cm³/mol. The molecule has 30 heavy (non-hydrogen) atoms. The average Bonchev–Trinajstić information content (AvgIpc) is 3.21. The summed E-state index contributed by atoms with van der Waals surface area (Å²) in [5.41, 5.74) is 1.47. The number of aliphatic imine (C=N–C) groups is 1. The quantitative estimate of drug-likeness (QED) is 0.535. The fraction of sp³-hybridized carbons (Fsp3) is 0.409. The minimum Gasteiger partial charge on any atom is -0.497 e.